The lowest BCUT2D eigenvalue weighted by Crippen LogP contribution is -2.49. The van der Waals surface area contributed by atoms with E-state index in [9.17, 15) is 26.3 Å². The van der Waals surface area contributed by atoms with Crippen LogP contribution in [0.5, 0.6) is 0 Å². The molecule has 0 aromatic carbocycles. The van der Waals surface area contributed by atoms with Gasteiger partial charge in [0.25, 0.3) is 0 Å². The Hall–Kier alpha value is -0.500. The van der Waals surface area contributed by atoms with Gasteiger partial charge in [-0.2, -0.15) is 26.3 Å². The maximum absolute atomic E-state index is 12.6. The highest BCUT2D eigenvalue weighted by molar-refractivity contribution is 4.85. The second kappa shape index (κ2) is 6.95. The molecule has 0 spiro atoms. The molecule has 1 aliphatic carbocycles. The standard InChI is InChI=1S/C14H22F6N2/c15-13(16,17)9-22-7-5-12(6-8-22)21-11-3-1-10(2-4-11)14(18,19)20/h10-12,21H,1-9H2. The molecular weight excluding hydrogens is 310 g/mol. The SMILES string of the molecule is FC(F)(F)CN1CCC(NC2CCC(C(F)(F)F)CC2)CC1. The van der Waals surface area contributed by atoms with Gasteiger partial charge in [0.2, 0.25) is 0 Å². The summed E-state index contributed by atoms with van der Waals surface area (Å²) in [7, 11) is 0. The van der Waals surface area contributed by atoms with E-state index in [1.54, 1.807) is 0 Å². The first-order valence-corrected chi connectivity index (χ1v) is 7.75. The Morgan fingerprint density at radius 2 is 1.27 bits per heavy atom. The van der Waals surface area contributed by atoms with Gasteiger partial charge >= 0.3 is 12.4 Å². The second-order valence-corrected chi connectivity index (χ2v) is 6.42. The molecule has 1 N–H and O–H groups in total. The van der Waals surface area contributed by atoms with E-state index in [0.29, 0.717) is 38.8 Å². The summed E-state index contributed by atoms with van der Waals surface area (Å²) in [5, 5.41) is 3.34. The lowest BCUT2D eigenvalue weighted by molar-refractivity contribution is -0.183. The van der Waals surface area contributed by atoms with Gasteiger partial charge in [0.1, 0.15) is 0 Å². The van der Waals surface area contributed by atoms with Crippen molar-refractivity contribution in [2.24, 2.45) is 5.92 Å². The van der Waals surface area contributed by atoms with Gasteiger partial charge in [-0.05, 0) is 51.6 Å². The molecule has 0 unspecified atom stereocenters. The molecule has 1 heterocycles. The molecule has 2 aliphatic rings. The third-order valence-corrected chi connectivity index (χ3v) is 4.65. The zero-order valence-corrected chi connectivity index (χ0v) is 12.3. The van der Waals surface area contributed by atoms with Crippen molar-refractivity contribution < 1.29 is 26.3 Å². The molecule has 2 nitrogen and oxygen atoms in total. The lowest BCUT2D eigenvalue weighted by Gasteiger charge is -2.37. The first-order chi connectivity index (χ1) is 10.1. The maximum Gasteiger partial charge on any atom is 0.401 e. The lowest BCUT2D eigenvalue weighted by atomic mass is 9.85. The third kappa shape index (κ3) is 5.61. The van der Waals surface area contributed by atoms with Crippen molar-refractivity contribution in [3.05, 3.63) is 0 Å². The fraction of sp³-hybridized carbons (Fsp3) is 1.00. The van der Waals surface area contributed by atoms with Gasteiger partial charge in [0.05, 0.1) is 12.5 Å². The summed E-state index contributed by atoms with van der Waals surface area (Å²) < 4.78 is 74.6. The van der Waals surface area contributed by atoms with E-state index < -0.39 is 24.8 Å². The second-order valence-electron chi connectivity index (χ2n) is 6.42. The van der Waals surface area contributed by atoms with Gasteiger partial charge in [-0.25, -0.2) is 0 Å². The Kier molecular flexibility index (Phi) is 5.63. The van der Waals surface area contributed by atoms with E-state index in [1.165, 1.54) is 4.90 Å². The first kappa shape index (κ1) is 17.8. The van der Waals surface area contributed by atoms with Crippen LogP contribution in [0.15, 0.2) is 0 Å². The summed E-state index contributed by atoms with van der Waals surface area (Å²) in [5.74, 6) is -1.20. The van der Waals surface area contributed by atoms with Gasteiger partial charge in [-0.15, -0.1) is 0 Å². The molecule has 2 rings (SSSR count). The minimum atomic E-state index is -4.17. The van der Waals surface area contributed by atoms with Gasteiger partial charge in [0.15, 0.2) is 0 Å². The maximum atomic E-state index is 12.6. The monoisotopic (exact) mass is 332 g/mol. The van der Waals surface area contributed by atoms with Crippen LogP contribution in [0, 0.1) is 5.92 Å². The molecule has 1 saturated carbocycles. The van der Waals surface area contributed by atoms with Crippen LogP contribution in [-0.2, 0) is 0 Å². The van der Waals surface area contributed by atoms with E-state index >= 15 is 0 Å². The molecule has 0 aromatic rings. The average molecular weight is 332 g/mol. The Bertz CT molecular complexity index is 338. The van der Waals surface area contributed by atoms with E-state index in [4.69, 9.17) is 0 Å². The van der Waals surface area contributed by atoms with E-state index in [0.717, 1.165) is 0 Å². The molecule has 1 aliphatic heterocycles. The molecule has 0 aromatic heterocycles. The summed E-state index contributed by atoms with van der Waals surface area (Å²) >= 11 is 0. The number of nitrogens with zero attached hydrogens (tertiary/aromatic N) is 1. The molecule has 0 radical (unpaired) electrons. The number of nitrogens with one attached hydrogen (secondary N) is 1. The number of hydrogen-bond donors (Lipinski definition) is 1. The smallest absolute Gasteiger partial charge is 0.311 e. The predicted octanol–water partition coefficient (Wildman–Crippen LogP) is 3.72. The van der Waals surface area contributed by atoms with Crippen LogP contribution in [0.25, 0.3) is 0 Å². The van der Waals surface area contributed by atoms with Gasteiger partial charge in [0, 0.05) is 12.1 Å². The van der Waals surface area contributed by atoms with Gasteiger partial charge in [-0.3, -0.25) is 4.90 Å². The summed E-state index contributed by atoms with van der Waals surface area (Å²) in [6, 6.07) is 0.190. The van der Waals surface area contributed by atoms with Crippen molar-refractivity contribution >= 4 is 0 Å². The highest BCUT2D eigenvalue weighted by atomic mass is 19.4. The zero-order valence-electron chi connectivity index (χ0n) is 12.3. The molecular formula is C14H22F6N2. The highest BCUT2D eigenvalue weighted by Crippen LogP contribution is 2.37. The summed E-state index contributed by atoms with van der Waals surface area (Å²) in [4.78, 5) is 1.39. The van der Waals surface area contributed by atoms with E-state index in [1.807, 2.05) is 0 Å². The summed E-state index contributed by atoms with van der Waals surface area (Å²) in [6.07, 6.45) is -5.75. The van der Waals surface area contributed by atoms with Crippen LogP contribution in [-0.4, -0.2) is 49.0 Å². The molecule has 0 atom stereocenters. The Morgan fingerprint density at radius 3 is 1.73 bits per heavy atom. The van der Waals surface area contributed by atoms with Gasteiger partial charge < -0.3 is 5.32 Å². The highest BCUT2D eigenvalue weighted by Gasteiger charge is 2.41. The molecule has 1 saturated heterocycles. The molecule has 0 bridgehead atoms. The fourth-order valence-electron chi connectivity index (χ4n) is 3.43. The van der Waals surface area contributed by atoms with Gasteiger partial charge in [-0.1, -0.05) is 0 Å². The van der Waals surface area contributed by atoms with Crippen molar-refractivity contribution in [3.8, 4) is 0 Å². The Labute approximate surface area is 126 Å². The summed E-state index contributed by atoms with van der Waals surface area (Å²) in [5.41, 5.74) is 0. The largest absolute Gasteiger partial charge is 0.401 e. The predicted molar refractivity (Wildman–Crippen MR) is 70.5 cm³/mol. The van der Waals surface area contributed by atoms with Crippen molar-refractivity contribution in [2.45, 2.75) is 63.0 Å². The van der Waals surface area contributed by atoms with Crippen molar-refractivity contribution in [1.82, 2.24) is 10.2 Å². The van der Waals surface area contributed by atoms with E-state index in [2.05, 4.69) is 5.32 Å². The number of hydrogen-bond acceptors (Lipinski definition) is 2. The average Bonchev–Trinajstić information content (AvgIpc) is 2.39. The third-order valence-electron chi connectivity index (χ3n) is 4.65. The number of likely N-dealkylation sites (tertiary alicyclic amines) is 1. The van der Waals surface area contributed by atoms with Crippen molar-refractivity contribution in [3.63, 3.8) is 0 Å². The first-order valence-electron chi connectivity index (χ1n) is 7.75. The van der Waals surface area contributed by atoms with Crippen LogP contribution in [0.4, 0.5) is 26.3 Å². The number of rotatable bonds is 3. The molecule has 130 valence electrons. The van der Waals surface area contributed by atoms with Crippen LogP contribution in [0.3, 0.4) is 0 Å². The van der Waals surface area contributed by atoms with Crippen molar-refractivity contribution in [1.29, 1.82) is 0 Å². The number of piperidine rings is 1. The van der Waals surface area contributed by atoms with Crippen molar-refractivity contribution in [2.75, 3.05) is 19.6 Å². The quantitative estimate of drug-likeness (QED) is 0.793. The molecule has 8 heteroatoms. The van der Waals surface area contributed by atoms with Crippen LogP contribution in [0.2, 0.25) is 0 Å². The fourth-order valence-corrected chi connectivity index (χ4v) is 3.43. The number of alkyl halides is 6. The minimum absolute atomic E-state index is 0.0674. The Morgan fingerprint density at radius 1 is 0.773 bits per heavy atom. The topological polar surface area (TPSA) is 15.3 Å². The normalized spacial score (nSPS) is 29.7. The zero-order chi connectivity index (χ0) is 16.4. The van der Waals surface area contributed by atoms with E-state index in [-0.39, 0.29) is 24.9 Å². The Balaban J connectivity index is 1.67. The minimum Gasteiger partial charge on any atom is -0.311 e. The summed E-state index contributed by atoms with van der Waals surface area (Å²) in [6.45, 7) is -0.111. The molecule has 22 heavy (non-hydrogen) atoms. The van der Waals surface area contributed by atoms with Crippen LogP contribution in [0.1, 0.15) is 38.5 Å². The molecule has 0 amide bonds. The molecule has 2 fully saturated rings. The van der Waals surface area contributed by atoms with Crippen LogP contribution >= 0.6 is 0 Å². The van der Waals surface area contributed by atoms with Crippen LogP contribution < -0.4 is 5.32 Å². The number of halogens is 6.